The lowest BCUT2D eigenvalue weighted by atomic mass is 10.1. The van der Waals surface area contributed by atoms with E-state index in [1.165, 1.54) is 10.4 Å². The van der Waals surface area contributed by atoms with Crippen molar-refractivity contribution in [1.29, 1.82) is 0 Å². The minimum atomic E-state index is 0.314. The standard InChI is InChI=1S/C13H15BrN2S/c1-9(10-3-2-4-11(14)7-10)16-8-13-12(15)5-6-17-13/h2-7,9,16H,8,15H2,1H3. The Labute approximate surface area is 114 Å². The van der Waals surface area contributed by atoms with Gasteiger partial charge in [0.2, 0.25) is 0 Å². The Kier molecular flexibility index (Phi) is 4.20. The fraction of sp³-hybridized carbons (Fsp3) is 0.231. The van der Waals surface area contributed by atoms with E-state index in [1.807, 2.05) is 17.5 Å². The van der Waals surface area contributed by atoms with Crippen LogP contribution in [0.25, 0.3) is 0 Å². The molecule has 4 heteroatoms. The molecule has 0 spiro atoms. The molecule has 1 aromatic carbocycles. The topological polar surface area (TPSA) is 38.0 Å². The Bertz CT molecular complexity index is 496. The third-order valence-corrected chi connectivity index (χ3v) is 4.13. The van der Waals surface area contributed by atoms with Crippen molar-refractivity contribution in [1.82, 2.24) is 5.32 Å². The van der Waals surface area contributed by atoms with Crippen molar-refractivity contribution in [2.24, 2.45) is 0 Å². The molecule has 2 aromatic rings. The van der Waals surface area contributed by atoms with Gasteiger partial charge in [0, 0.05) is 27.6 Å². The van der Waals surface area contributed by atoms with Crippen LogP contribution < -0.4 is 11.1 Å². The third-order valence-electron chi connectivity index (χ3n) is 2.70. The van der Waals surface area contributed by atoms with E-state index in [0.717, 1.165) is 16.7 Å². The third kappa shape index (κ3) is 3.31. The number of halogens is 1. The maximum absolute atomic E-state index is 5.85. The molecule has 2 rings (SSSR count). The predicted molar refractivity (Wildman–Crippen MR) is 78.1 cm³/mol. The van der Waals surface area contributed by atoms with Gasteiger partial charge in [-0.1, -0.05) is 28.1 Å². The summed E-state index contributed by atoms with van der Waals surface area (Å²) >= 11 is 5.18. The van der Waals surface area contributed by atoms with Gasteiger partial charge in [-0.25, -0.2) is 0 Å². The van der Waals surface area contributed by atoms with E-state index in [0.29, 0.717) is 6.04 Å². The second-order valence-electron chi connectivity index (χ2n) is 3.96. The lowest BCUT2D eigenvalue weighted by molar-refractivity contribution is 0.579. The largest absolute Gasteiger partial charge is 0.398 e. The molecule has 1 unspecified atom stereocenters. The van der Waals surface area contributed by atoms with E-state index in [-0.39, 0.29) is 0 Å². The first-order valence-electron chi connectivity index (χ1n) is 5.47. The summed E-state index contributed by atoms with van der Waals surface area (Å²) in [6, 6.07) is 10.6. The normalized spacial score (nSPS) is 12.6. The van der Waals surface area contributed by atoms with E-state index in [4.69, 9.17) is 5.73 Å². The van der Waals surface area contributed by atoms with Crippen LogP contribution >= 0.6 is 27.3 Å². The predicted octanol–water partition coefficient (Wildman–Crippen LogP) is 3.94. The van der Waals surface area contributed by atoms with Crippen LogP contribution in [0.5, 0.6) is 0 Å². The Balaban J connectivity index is 1.98. The monoisotopic (exact) mass is 310 g/mol. The Hall–Kier alpha value is -0.840. The number of anilines is 1. The highest BCUT2D eigenvalue weighted by Gasteiger charge is 2.07. The van der Waals surface area contributed by atoms with E-state index in [9.17, 15) is 0 Å². The summed E-state index contributed by atoms with van der Waals surface area (Å²) in [5.74, 6) is 0. The molecule has 0 aliphatic carbocycles. The van der Waals surface area contributed by atoms with Gasteiger partial charge in [-0.15, -0.1) is 11.3 Å². The molecule has 0 radical (unpaired) electrons. The molecular weight excluding hydrogens is 296 g/mol. The van der Waals surface area contributed by atoms with Gasteiger partial charge in [0.05, 0.1) is 0 Å². The highest BCUT2D eigenvalue weighted by Crippen LogP contribution is 2.21. The smallest absolute Gasteiger partial charge is 0.0468 e. The SMILES string of the molecule is CC(NCc1sccc1N)c1cccc(Br)c1. The lowest BCUT2D eigenvalue weighted by Crippen LogP contribution is -2.17. The molecule has 0 saturated carbocycles. The summed E-state index contributed by atoms with van der Waals surface area (Å²) in [4.78, 5) is 1.20. The van der Waals surface area contributed by atoms with Crippen LogP contribution in [0.3, 0.4) is 0 Å². The summed E-state index contributed by atoms with van der Waals surface area (Å²) in [5.41, 5.74) is 8.00. The molecule has 2 nitrogen and oxygen atoms in total. The van der Waals surface area contributed by atoms with Crippen LogP contribution in [-0.2, 0) is 6.54 Å². The van der Waals surface area contributed by atoms with Crippen molar-refractivity contribution in [3.8, 4) is 0 Å². The lowest BCUT2D eigenvalue weighted by Gasteiger charge is -2.14. The van der Waals surface area contributed by atoms with Gasteiger partial charge in [-0.3, -0.25) is 0 Å². The molecule has 1 aromatic heterocycles. The van der Waals surface area contributed by atoms with Crippen LogP contribution in [-0.4, -0.2) is 0 Å². The number of thiophene rings is 1. The second-order valence-corrected chi connectivity index (χ2v) is 5.87. The number of nitrogens with one attached hydrogen (secondary N) is 1. The molecule has 90 valence electrons. The van der Waals surface area contributed by atoms with Gasteiger partial charge < -0.3 is 11.1 Å². The van der Waals surface area contributed by atoms with E-state index < -0.39 is 0 Å². The molecule has 0 aliphatic rings. The zero-order valence-electron chi connectivity index (χ0n) is 9.61. The fourth-order valence-electron chi connectivity index (χ4n) is 1.63. The quantitative estimate of drug-likeness (QED) is 0.897. The molecule has 1 heterocycles. The second kappa shape index (κ2) is 5.67. The zero-order valence-corrected chi connectivity index (χ0v) is 12.0. The van der Waals surface area contributed by atoms with Crippen LogP contribution in [0.15, 0.2) is 40.2 Å². The molecule has 0 saturated heterocycles. The average molecular weight is 311 g/mol. The molecule has 0 fully saturated rings. The number of benzene rings is 1. The average Bonchev–Trinajstić information content (AvgIpc) is 2.72. The molecule has 0 bridgehead atoms. The van der Waals surface area contributed by atoms with Gasteiger partial charge >= 0.3 is 0 Å². The van der Waals surface area contributed by atoms with Crippen LogP contribution in [0.4, 0.5) is 5.69 Å². The first-order chi connectivity index (χ1) is 8.16. The first-order valence-corrected chi connectivity index (χ1v) is 7.15. The molecule has 0 amide bonds. The molecule has 17 heavy (non-hydrogen) atoms. The number of hydrogen-bond donors (Lipinski definition) is 2. The summed E-state index contributed by atoms with van der Waals surface area (Å²) in [6.07, 6.45) is 0. The maximum atomic E-state index is 5.85. The van der Waals surface area contributed by atoms with Crippen molar-refractivity contribution in [3.63, 3.8) is 0 Å². The van der Waals surface area contributed by atoms with Gasteiger partial charge in [-0.2, -0.15) is 0 Å². The first kappa shape index (κ1) is 12.6. The van der Waals surface area contributed by atoms with Gasteiger partial charge in [0.25, 0.3) is 0 Å². The van der Waals surface area contributed by atoms with Crippen molar-refractivity contribution < 1.29 is 0 Å². The minimum Gasteiger partial charge on any atom is -0.398 e. The summed E-state index contributed by atoms with van der Waals surface area (Å²) in [7, 11) is 0. The summed E-state index contributed by atoms with van der Waals surface area (Å²) in [5, 5.41) is 5.50. The highest BCUT2D eigenvalue weighted by atomic mass is 79.9. The van der Waals surface area contributed by atoms with Crippen molar-refractivity contribution >= 4 is 33.0 Å². The fourth-order valence-corrected chi connectivity index (χ4v) is 2.80. The van der Waals surface area contributed by atoms with Crippen molar-refractivity contribution in [2.75, 3.05) is 5.73 Å². The van der Waals surface area contributed by atoms with Crippen molar-refractivity contribution in [2.45, 2.75) is 19.5 Å². The van der Waals surface area contributed by atoms with E-state index >= 15 is 0 Å². The Morgan fingerprint density at radius 3 is 2.88 bits per heavy atom. The van der Waals surface area contributed by atoms with Crippen LogP contribution in [0, 0.1) is 0 Å². The van der Waals surface area contributed by atoms with Gasteiger partial charge in [0.15, 0.2) is 0 Å². The molecule has 1 atom stereocenters. The summed E-state index contributed by atoms with van der Waals surface area (Å²) < 4.78 is 1.11. The summed E-state index contributed by atoms with van der Waals surface area (Å²) in [6.45, 7) is 2.97. The van der Waals surface area contributed by atoms with Crippen LogP contribution in [0.2, 0.25) is 0 Å². The number of nitrogen functional groups attached to an aromatic ring is 1. The Morgan fingerprint density at radius 1 is 1.41 bits per heavy atom. The zero-order chi connectivity index (χ0) is 12.3. The number of rotatable bonds is 4. The van der Waals surface area contributed by atoms with E-state index in [2.05, 4.69) is 46.4 Å². The van der Waals surface area contributed by atoms with Crippen molar-refractivity contribution in [3.05, 3.63) is 50.6 Å². The van der Waals surface area contributed by atoms with E-state index in [1.54, 1.807) is 11.3 Å². The van der Waals surface area contributed by atoms with Gasteiger partial charge in [0.1, 0.15) is 0 Å². The Morgan fingerprint density at radius 2 is 2.24 bits per heavy atom. The highest BCUT2D eigenvalue weighted by molar-refractivity contribution is 9.10. The minimum absolute atomic E-state index is 0.314. The maximum Gasteiger partial charge on any atom is 0.0468 e. The number of nitrogens with two attached hydrogens (primary N) is 1. The molecular formula is C13H15BrN2S. The van der Waals surface area contributed by atoms with Gasteiger partial charge in [-0.05, 0) is 36.1 Å². The number of hydrogen-bond acceptors (Lipinski definition) is 3. The van der Waals surface area contributed by atoms with Crippen LogP contribution in [0.1, 0.15) is 23.4 Å². The molecule has 0 aliphatic heterocycles. The molecule has 3 N–H and O–H groups in total.